The predicted octanol–water partition coefficient (Wildman–Crippen LogP) is 4.58. The Hall–Kier alpha value is -3.91. The number of hydrogen-bond acceptors (Lipinski definition) is 6. The van der Waals surface area contributed by atoms with Gasteiger partial charge < -0.3 is 5.11 Å². The first-order valence-corrected chi connectivity index (χ1v) is 11.3. The van der Waals surface area contributed by atoms with Crippen molar-refractivity contribution in [3.8, 4) is 22.8 Å². The van der Waals surface area contributed by atoms with Gasteiger partial charge in [-0.1, -0.05) is 71.9 Å². The molecule has 0 aliphatic carbocycles. The Morgan fingerprint density at radius 1 is 1.03 bits per heavy atom. The number of carbonyl (C=O) groups is 1. The topological polar surface area (TPSA) is 92.4 Å². The largest absolute Gasteiger partial charge is 0.508 e. The smallest absolute Gasteiger partial charge is 0.250 e. The Balaban J connectivity index is 1.51. The van der Waals surface area contributed by atoms with E-state index in [2.05, 4.69) is 20.7 Å². The molecule has 0 atom stereocenters. The van der Waals surface area contributed by atoms with Gasteiger partial charge in [0.1, 0.15) is 5.75 Å². The van der Waals surface area contributed by atoms with Crippen molar-refractivity contribution in [2.75, 3.05) is 5.75 Å². The van der Waals surface area contributed by atoms with Crippen LogP contribution in [0.1, 0.15) is 18.1 Å². The molecule has 0 aliphatic rings. The number of aromatic nitrogens is 3. The highest BCUT2D eigenvalue weighted by Gasteiger charge is 2.17. The van der Waals surface area contributed by atoms with Crippen molar-refractivity contribution >= 4 is 23.4 Å². The Labute approximate surface area is 196 Å². The number of aromatic hydroxyl groups is 1. The lowest BCUT2D eigenvalue weighted by atomic mass is 10.1. The number of carbonyl (C=O) groups excluding carboxylic acids is 1. The summed E-state index contributed by atoms with van der Waals surface area (Å²) >= 11 is 1.29. The van der Waals surface area contributed by atoms with Crippen LogP contribution in [-0.2, 0) is 4.79 Å². The summed E-state index contributed by atoms with van der Waals surface area (Å²) in [5, 5.41) is 23.1. The summed E-state index contributed by atoms with van der Waals surface area (Å²) in [6.07, 6.45) is 0. The van der Waals surface area contributed by atoms with Crippen molar-refractivity contribution in [3.63, 3.8) is 0 Å². The number of hydrazone groups is 1. The number of nitrogens with one attached hydrogen (secondary N) is 1. The van der Waals surface area contributed by atoms with Crippen LogP contribution in [0.3, 0.4) is 0 Å². The summed E-state index contributed by atoms with van der Waals surface area (Å²) in [5.74, 6) is 0.713. The van der Waals surface area contributed by atoms with E-state index in [0.29, 0.717) is 16.7 Å². The number of phenols is 1. The molecule has 4 rings (SSSR count). The van der Waals surface area contributed by atoms with E-state index in [1.807, 2.05) is 72.2 Å². The van der Waals surface area contributed by atoms with E-state index in [1.165, 1.54) is 11.8 Å². The summed E-state index contributed by atoms with van der Waals surface area (Å²) < 4.78 is 1.95. The predicted molar refractivity (Wildman–Crippen MR) is 131 cm³/mol. The van der Waals surface area contributed by atoms with Crippen LogP contribution in [-0.4, -0.2) is 37.2 Å². The molecule has 0 saturated carbocycles. The Morgan fingerprint density at radius 2 is 1.79 bits per heavy atom. The van der Waals surface area contributed by atoms with E-state index in [-0.39, 0.29) is 17.4 Å². The van der Waals surface area contributed by atoms with Gasteiger partial charge >= 0.3 is 0 Å². The van der Waals surface area contributed by atoms with E-state index >= 15 is 0 Å². The SMILES string of the molecule is C/C(=N\NC(=O)CSc1nnc(-c2ccc(C)cc2)n1-c1ccccc1)c1cccc(O)c1. The summed E-state index contributed by atoms with van der Waals surface area (Å²) in [5.41, 5.74) is 6.91. The summed E-state index contributed by atoms with van der Waals surface area (Å²) in [7, 11) is 0. The van der Waals surface area contributed by atoms with Crippen LogP contribution in [0.5, 0.6) is 5.75 Å². The van der Waals surface area contributed by atoms with Gasteiger partial charge in [0.2, 0.25) is 0 Å². The second kappa shape index (κ2) is 10.1. The van der Waals surface area contributed by atoms with Crippen LogP contribution < -0.4 is 5.43 Å². The van der Waals surface area contributed by atoms with Gasteiger partial charge in [-0.05, 0) is 38.1 Å². The number of amides is 1. The minimum absolute atomic E-state index is 0.121. The lowest BCUT2D eigenvalue weighted by Crippen LogP contribution is -2.21. The fraction of sp³-hybridized carbons (Fsp3) is 0.120. The van der Waals surface area contributed by atoms with Crippen molar-refractivity contribution in [2.24, 2.45) is 5.10 Å². The van der Waals surface area contributed by atoms with Gasteiger partial charge in [0.15, 0.2) is 11.0 Å². The maximum absolute atomic E-state index is 12.4. The van der Waals surface area contributed by atoms with Crippen LogP contribution in [0, 0.1) is 6.92 Å². The average molecular weight is 458 g/mol. The minimum atomic E-state index is -0.265. The van der Waals surface area contributed by atoms with Crippen molar-refractivity contribution in [1.82, 2.24) is 20.2 Å². The molecule has 0 spiro atoms. The van der Waals surface area contributed by atoms with E-state index in [1.54, 1.807) is 25.1 Å². The molecule has 0 radical (unpaired) electrons. The quantitative estimate of drug-likeness (QED) is 0.241. The average Bonchev–Trinajstić information content (AvgIpc) is 3.26. The molecule has 8 heteroatoms. The van der Waals surface area contributed by atoms with Crippen LogP contribution in [0.25, 0.3) is 17.1 Å². The van der Waals surface area contributed by atoms with Crippen LogP contribution in [0.15, 0.2) is 89.1 Å². The summed E-state index contributed by atoms with van der Waals surface area (Å²) in [6, 6.07) is 24.6. The molecule has 1 amide bonds. The number of aryl methyl sites for hydroxylation is 1. The second-order valence-electron chi connectivity index (χ2n) is 7.41. The zero-order chi connectivity index (χ0) is 23.2. The molecule has 0 fully saturated rings. The number of nitrogens with zero attached hydrogens (tertiary/aromatic N) is 4. The maximum Gasteiger partial charge on any atom is 0.250 e. The molecule has 0 unspecified atom stereocenters. The van der Waals surface area contributed by atoms with Crippen LogP contribution in [0.4, 0.5) is 0 Å². The summed E-state index contributed by atoms with van der Waals surface area (Å²) in [4.78, 5) is 12.4. The highest BCUT2D eigenvalue weighted by molar-refractivity contribution is 7.99. The third kappa shape index (κ3) is 5.48. The van der Waals surface area contributed by atoms with E-state index in [0.717, 1.165) is 22.4 Å². The van der Waals surface area contributed by atoms with Gasteiger partial charge in [0, 0.05) is 16.8 Å². The lowest BCUT2D eigenvalue weighted by Gasteiger charge is -2.10. The molecular weight excluding hydrogens is 434 g/mol. The van der Waals surface area contributed by atoms with Crippen molar-refractivity contribution in [1.29, 1.82) is 0 Å². The monoisotopic (exact) mass is 457 g/mol. The van der Waals surface area contributed by atoms with Crippen molar-refractivity contribution in [2.45, 2.75) is 19.0 Å². The van der Waals surface area contributed by atoms with Gasteiger partial charge in [0.05, 0.1) is 11.5 Å². The molecule has 166 valence electrons. The minimum Gasteiger partial charge on any atom is -0.508 e. The molecule has 33 heavy (non-hydrogen) atoms. The Morgan fingerprint density at radius 3 is 2.52 bits per heavy atom. The van der Waals surface area contributed by atoms with Gasteiger partial charge in [0.25, 0.3) is 5.91 Å². The first-order valence-electron chi connectivity index (χ1n) is 10.3. The van der Waals surface area contributed by atoms with Crippen molar-refractivity contribution in [3.05, 3.63) is 90.0 Å². The molecule has 0 bridgehead atoms. The number of rotatable bonds is 7. The zero-order valence-electron chi connectivity index (χ0n) is 18.3. The normalized spacial score (nSPS) is 11.4. The van der Waals surface area contributed by atoms with Gasteiger partial charge in [-0.2, -0.15) is 5.10 Å². The molecule has 1 aromatic heterocycles. The van der Waals surface area contributed by atoms with Crippen LogP contribution >= 0.6 is 11.8 Å². The highest BCUT2D eigenvalue weighted by Crippen LogP contribution is 2.28. The number of thioether (sulfide) groups is 1. The van der Waals surface area contributed by atoms with Gasteiger partial charge in [-0.25, -0.2) is 5.43 Å². The molecule has 4 aromatic rings. The third-order valence-corrected chi connectivity index (χ3v) is 5.83. The van der Waals surface area contributed by atoms with Crippen LogP contribution in [0.2, 0.25) is 0 Å². The first kappa shape index (κ1) is 22.3. The first-order chi connectivity index (χ1) is 16.0. The molecule has 3 aromatic carbocycles. The highest BCUT2D eigenvalue weighted by atomic mass is 32.2. The fourth-order valence-corrected chi connectivity index (χ4v) is 3.91. The second-order valence-corrected chi connectivity index (χ2v) is 8.36. The Bertz CT molecular complexity index is 1280. The number of phenolic OH excluding ortho intramolecular Hbond substituents is 1. The van der Waals surface area contributed by atoms with Crippen molar-refractivity contribution < 1.29 is 9.90 Å². The van der Waals surface area contributed by atoms with Gasteiger partial charge in [-0.15, -0.1) is 10.2 Å². The Kier molecular flexibility index (Phi) is 6.85. The molecular formula is C25H23N5O2S. The molecule has 0 saturated heterocycles. The number of para-hydroxylation sites is 1. The van der Waals surface area contributed by atoms with E-state index in [9.17, 15) is 9.90 Å². The summed E-state index contributed by atoms with van der Waals surface area (Å²) in [6.45, 7) is 3.80. The molecule has 7 nitrogen and oxygen atoms in total. The standard InChI is InChI=1S/C25H23N5O2S/c1-17-11-13-19(14-12-17)24-28-29-25(30(24)21-8-4-3-5-9-21)33-16-23(32)27-26-18(2)20-7-6-10-22(31)15-20/h3-15,31H,16H2,1-2H3,(H,27,32)/b26-18+. The maximum atomic E-state index is 12.4. The van der Waals surface area contributed by atoms with Gasteiger partial charge in [-0.3, -0.25) is 9.36 Å². The van der Waals surface area contributed by atoms with E-state index < -0.39 is 0 Å². The molecule has 0 aliphatic heterocycles. The fourth-order valence-electron chi connectivity index (χ4n) is 3.17. The van der Waals surface area contributed by atoms with E-state index in [4.69, 9.17) is 0 Å². The number of benzene rings is 3. The molecule has 1 heterocycles. The lowest BCUT2D eigenvalue weighted by molar-refractivity contribution is -0.118. The molecule has 2 N–H and O–H groups in total. The zero-order valence-corrected chi connectivity index (χ0v) is 19.1. The third-order valence-electron chi connectivity index (χ3n) is 4.90. The number of hydrogen-bond donors (Lipinski definition) is 2.